The number of hydrogen-bond acceptors (Lipinski definition) is 3. The lowest BCUT2D eigenvalue weighted by Crippen LogP contribution is -2.48. The normalized spacial score (nSPS) is 24.7. The van der Waals surface area contributed by atoms with Crippen molar-refractivity contribution in [1.82, 2.24) is 4.90 Å². The molecule has 1 aromatic rings. The Hall–Kier alpha value is -1.55. The Morgan fingerprint density at radius 3 is 2.76 bits per heavy atom. The Kier molecular flexibility index (Phi) is 3.33. The Morgan fingerprint density at radius 2 is 2.12 bits per heavy atom. The molecule has 1 aromatic carbocycles. The van der Waals surface area contributed by atoms with Gasteiger partial charge in [-0.25, -0.2) is 0 Å². The fourth-order valence-corrected chi connectivity index (χ4v) is 2.39. The SMILES string of the molecule is CC1CC(N)CN(C(=O)c2ccccc2O)C1. The van der Waals surface area contributed by atoms with Crippen LogP contribution in [0.2, 0.25) is 0 Å². The number of hydrogen-bond donors (Lipinski definition) is 2. The minimum absolute atomic E-state index is 0.0318. The van der Waals surface area contributed by atoms with Crippen LogP contribution < -0.4 is 5.73 Å². The summed E-state index contributed by atoms with van der Waals surface area (Å²) in [6.45, 7) is 3.36. The quantitative estimate of drug-likeness (QED) is 0.767. The van der Waals surface area contributed by atoms with Crippen molar-refractivity contribution in [2.24, 2.45) is 11.7 Å². The zero-order chi connectivity index (χ0) is 12.4. The van der Waals surface area contributed by atoms with Crippen molar-refractivity contribution in [2.75, 3.05) is 13.1 Å². The topological polar surface area (TPSA) is 66.6 Å². The molecule has 1 aliphatic rings. The highest BCUT2D eigenvalue weighted by Crippen LogP contribution is 2.21. The van der Waals surface area contributed by atoms with Gasteiger partial charge in [0, 0.05) is 19.1 Å². The number of nitrogens with two attached hydrogens (primary N) is 1. The van der Waals surface area contributed by atoms with E-state index < -0.39 is 0 Å². The fourth-order valence-electron chi connectivity index (χ4n) is 2.39. The first kappa shape index (κ1) is 11.9. The number of benzene rings is 1. The molecular formula is C13H18N2O2. The van der Waals surface area contributed by atoms with Crippen molar-refractivity contribution in [3.05, 3.63) is 29.8 Å². The number of aromatic hydroxyl groups is 1. The van der Waals surface area contributed by atoms with Crippen LogP contribution in [0.5, 0.6) is 5.75 Å². The maximum Gasteiger partial charge on any atom is 0.257 e. The van der Waals surface area contributed by atoms with Crippen LogP contribution in [0, 0.1) is 5.92 Å². The largest absolute Gasteiger partial charge is 0.507 e. The minimum Gasteiger partial charge on any atom is -0.507 e. The van der Waals surface area contributed by atoms with Gasteiger partial charge in [0.1, 0.15) is 5.75 Å². The second-order valence-corrected chi connectivity index (χ2v) is 4.83. The number of rotatable bonds is 1. The molecule has 2 atom stereocenters. The van der Waals surface area contributed by atoms with Crippen LogP contribution in [0.3, 0.4) is 0 Å². The number of para-hydroxylation sites is 1. The van der Waals surface area contributed by atoms with Gasteiger partial charge in [-0.05, 0) is 24.5 Å². The first-order chi connectivity index (χ1) is 8.08. The lowest BCUT2D eigenvalue weighted by molar-refractivity contribution is 0.0658. The lowest BCUT2D eigenvalue weighted by atomic mass is 9.96. The zero-order valence-corrected chi connectivity index (χ0v) is 9.97. The van der Waals surface area contributed by atoms with E-state index in [1.54, 1.807) is 23.1 Å². The lowest BCUT2D eigenvalue weighted by Gasteiger charge is -2.34. The first-order valence-electron chi connectivity index (χ1n) is 5.90. The van der Waals surface area contributed by atoms with E-state index >= 15 is 0 Å². The molecular weight excluding hydrogens is 216 g/mol. The highest BCUT2D eigenvalue weighted by molar-refractivity contribution is 5.96. The molecule has 1 amide bonds. The van der Waals surface area contributed by atoms with E-state index in [1.807, 2.05) is 0 Å². The first-order valence-corrected chi connectivity index (χ1v) is 5.90. The van der Waals surface area contributed by atoms with Crippen molar-refractivity contribution in [3.8, 4) is 5.75 Å². The van der Waals surface area contributed by atoms with Gasteiger partial charge in [-0.1, -0.05) is 19.1 Å². The second kappa shape index (κ2) is 4.75. The molecule has 0 spiro atoms. The molecule has 17 heavy (non-hydrogen) atoms. The molecule has 4 nitrogen and oxygen atoms in total. The molecule has 1 aliphatic heterocycles. The third kappa shape index (κ3) is 2.58. The minimum atomic E-state index is -0.134. The Bertz CT molecular complexity index is 410. The van der Waals surface area contributed by atoms with Crippen LogP contribution in [-0.2, 0) is 0 Å². The summed E-state index contributed by atoms with van der Waals surface area (Å²) in [5, 5.41) is 9.66. The predicted octanol–water partition coefficient (Wildman–Crippen LogP) is 1.20. The van der Waals surface area contributed by atoms with Crippen molar-refractivity contribution in [3.63, 3.8) is 0 Å². The number of piperidine rings is 1. The summed E-state index contributed by atoms with van der Waals surface area (Å²) in [5.74, 6) is 0.308. The molecule has 0 aromatic heterocycles. The molecule has 0 bridgehead atoms. The molecule has 92 valence electrons. The zero-order valence-electron chi connectivity index (χ0n) is 9.97. The summed E-state index contributed by atoms with van der Waals surface area (Å²) in [7, 11) is 0. The van der Waals surface area contributed by atoms with Gasteiger partial charge in [0.25, 0.3) is 5.91 Å². The molecule has 1 heterocycles. The highest BCUT2D eigenvalue weighted by atomic mass is 16.3. The molecule has 0 radical (unpaired) electrons. The third-order valence-electron chi connectivity index (χ3n) is 3.11. The van der Waals surface area contributed by atoms with Crippen molar-refractivity contribution in [2.45, 2.75) is 19.4 Å². The molecule has 2 unspecified atom stereocenters. The maximum atomic E-state index is 12.2. The summed E-state index contributed by atoms with van der Waals surface area (Å²) < 4.78 is 0. The van der Waals surface area contributed by atoms with Gasteiger partial charge in [0.05, 0.1) is 5.56 Å². The monoisotopic (exact) mass is 234 g/mol. The molecule has 2 rings (SSSR count). The average Bonchev–Trinajstić information content (AvgIpc) is 2.27. The van der Waals surface area contributed by atoms with E-state index in [0.29, 0.717) is 24.6 Å². The van der Waals surface area contributed by atoms with Crippen molar-refractivity contribution >= 4 is 5.91 Å². The van der Waals surface area contributed by atoms with Gasteiger partial charge < -0.3 is 15.7 Å². The van der Waals surface area contributed by atoms with Gasteiger partial charge in [0.2, 0.25) is 0 Å². The Labute approximate surface area is 101 Å². The van der Waals surface area contributed by atoms with Crippen molar-refractivity contribution in [1.29, 1.82) is 0 Å². The highest BCUT2D eigenvalue weighted by Gasteiger charge is 2.27. The fraction of sp³-hybridized carbons (Fsp3) is 0.462. The molecule has 0 aliphatic carbocycles. The van der Waals surface area contributed by atoms with E-state index in [1.165, 1.54) is 6.07 Å². The smallest absolute Gasteiger partial charge is 0.257 e. The number of phenolic OH excluding ortho intramolecular Hbond substituents is 1. The van der Waals surface area contributed by atoms with Gasteiger partial charge >= 0.3 is 0 Å². The third-order valence-corrected chi connectivity index (χ3v) is 3.11. The number of nitrogens with zero attached hydrogens (tertiary/aromatic N) is 1. The van der Waals surface area contributed by atoms with Crippen LogP contribution in [-0.4, -0.2) is 35.0 Å². The second-order valence-electron chi connectivity index (χ2n) is 4.83. The van der Waals surface area contributed by atoms with E-state index in [0.717, 1.165) is 6.42 Å². The van der Waals surface area contributed by atoms with Crippen molar-refractivity contribution < 1.29 is 9.90 Å². The number of carbonyl (C=O) groups is 1. The summed E-state index contributed by atoms with van der Waals surface area (Å²) in [6.07, 6.45) is 0.949. The van der Waals surface area contributed by atoms with Crippen LogP contribution >= 0.6 is 0 Å². The maximum absolute atomic E-state index is 12.2. The van der Waals surface area contributed by atoms with Gasteiger partial charge in [-0.3, -0.25) is 4.79 Å². The molecule has 1 fully saturated rings. The summed E-state index contributed by atoms with van der Waals surface area (Å²) >= 11 is 0. The van der Waals surface area contributed by atoms with Gasteiger partial charge in [-0.15, -0.1) is 0 Å². The van der Waals surface area contributed by atoms with Crippen LogP contribution in [0.4, 0.5) is 0 Å². The molecule has 0 saturated carbocycles. The summed E-state index contributed by atoms with van der Waals surface area (Å²) in [4.78, 5) is 14.0. The van der Waals surface area contributed by atoms with Crippen LogP contribution in [0.25, 0.3) is 0 Å². The predicted molar refractivity (Wildman–Crippen MR) is 65.8 cm³/mol. The van der Waals surface area contributed by atoms with Crippen LogP contribution in [0.1, 0.15) is 23.7 Å². The van der Waals surface area contributed by atoms with E-state index in [4.69, 9.17) is 5.73 Å². The standard InChI is InChI=1S/C13H18N2O2/c1-9-6-10(14)8-15(7-9)13(17)11-4-2-3-5-12(11)16/h2-5,9-10,16H,6-8,14H2,1H3. The number of carbonyl (C=O) groups excluding carboxylic acids is 1. The molecule has 3 N–H and O–H groups in total. The van der Waals surface area contributed by atoms with Gasteiger partial charge in [0.15, 0.2) is 0 Å². The number of amides is 1. The molecule has 4 heteroatoms. The molecule has 1 saturated heterocycles. The van der Waals surface area contributed by atoms with E-state index in [-0.39, 0.29) is 17.7 Å². The van der Waals surface area contributed by atoms with Crippen LogP contribution in [0.15, 0.2) is 24.3 Å². The average molecular weight is 234 g/mol. The Balaban J connectivity index is 2.17. The Morgan fingerprint density at radius 1 is 1.41 bits per heavy atom. The van der Waals surface area contributed by atoms with E-state index in [9.17, 15) is 9.90 Å². The van der Waals surface area contributed by atoms with Gasteiger partial charge in [-0.2, -0.15) is 0 Å². The summed E-state index contributed by atoms with van der Waals surface area (Å²) in [6, 6.07) is 6.66. The number of likely N-dealkylation sites (tertiary alicyclic amines) is 1. The number of phenols is 1. The summed E-state index contributed by atoms with van der Waals surface area (Å²) in [5.41, 5.74) is 6.27. The van der Waals surface area contributed by atoms with E-state index in [2.05, 4.69) is 6.92 Å².